The molecule has 0 amide bonds. The molecule has 1 fully saturated rings. The Balaban J connectivity index is 1.84. The Kier molecular flexibility index (Phi) is 7.10. The van der Waals surface area contributed by atoms with Gasteiger partial charge in [0.25, 0.3) is 0 Å². The van der Waals surface area contributed by atoms with Gasteiger partial charge in [-0.25, -0.2) is 18.7 Å². The van der Waals surface area contributed by atoms with E-state index in [1.54, 1.807) is 11.8 Å². The number of anilines is 3. The average molecular weight is 554 g/mol. The van der Waals surface area contributed by atoms with E-state index in [9.17, 15) is 22.7 Å². The molecule has 1 aromatic carbocycles. The van der Waals surface area contributed by atoms with Crippen LogP contribution >= 0.6 is 0 Å². The van der Waals surface area contributed by atoms with Crippen LogP contribution in [0.1, 0.15) is 30.9 Å². The zero-order valence-corrected chi connectivity index (χ0v) is 21.3. The first kappa shape index (κ1) is 27.1. The molecule has 14 heteroatoms. The Labute approximate surface area is 220 Å². The lowest BCUT2D eigenvalue weighted by atomic mass is 9.96. The van der Waals surface area contributed by atoms with Crippen molar-refractivity contribution in [1.29, 1.82) is 0 Å². The number of rotatable bonds is 3. The fourth-order valence-corrected chi connectivity index (χ4v) is 4.86. The van der Waals surface area contributed by atoms with Gasteiger partial charge in [0.05, 0.1) is 30.0 Å². The number of hydrogen-bond donors (Lipinski definition) is 4. The molecule has 9 nitrogen and oxygen atoms in total. The van der Waals surface area contributed by atoms with E-state index in [0.717, 1.165) is 13.0 Å². The van der Waals surface area contributed by atoms with Crippen molar-refractivity contribution in [2.24, 2.45) is 0 Å². The number of nitrogen functional groups attached to an aromatic ring is 1. The Morgan fingerprint density at radius 2 is 1.90 bits per heavy atom. The molecule has 39 heavy (non-hydrogen) atoms. The lowest BCUT2D eigenvalue weighted by molar-refractivity contribution is -0.137. The van der Waals surface area contributed by atoms with Crippen molar-refractivity contribution in [3.8, 4) is 17.1 Å². The maximum Gasteiger partial charge on any atom is 0.417 e. The van der Waals surface area contributed by atoms with Gasteiger partial charge < -0.3 is 31.1 Å². The van der Waals surface area contributed by atoms with Crippen LogP contribution in [0.2, 0.25) is 0 Å². The van der Waals surface area contributed by atoms with Crippen LogP contribution in [0.15, 0.2) is 6.07 Å². The number of nitrogens with one attached hydrogen (secondary N) is 2. The number of ether oxygens (including phenoxy) is 1. The maximum atomic E-state index is 16.3. The predicted octanol–water partition coefficient (Wildman–Crippen LogP) is 3.62. The first-order valence-corrected chi connectivity index (χ1v) is 12.6. The molecule has 5 N–H and O–H groups in total. The highest BCUT2D eigenvalue weighted by atomic mass is 19.4. The first-order valence-electron chi connectivity index (χ1n) is 12.6. The fourth-order valence-electron chi connectivity index (χ4n) is 4.86. The largest absolute Gasteiger partial charge is 0.474 e. The summed E-state index contributed by atoms with van der Waals surface area (Å²) >= 11 is 0. The lowest BCUT2D eigenvalue weighted by Gasteiger charge is -2.40. The third-order valence-corrected chi connectivity index (χ3v) is 7.05. The third kappa shape index (κ3) is 4.86. The summed E-state index contributed by atoms with van der Waals surface area (Å²) in [6, 6.07) is 0.446. The monoisotopic (exact) mass is 553 g/mol. The predicted molar refractivity (Wildman–Crippen MR) is 136 cm³/mol. The van der Waals surface area contributed by atoms with Crippen molar-refractivity contribution in [2.75, 3.05) is 48.7 Å². The van der Waals surface area contributed by atoms with E-state index in [2.05, 4.69) is 25.6 Å². The molecule has 3 aromatic rings. The van der Waals surface area contributed by atoms with E-state index in [0.29, 0.717) is 39.0 Å². The first-order chi connectivity index (χ1) is 18.5. The number of alkyl halides is 3. The molecule has 2 aliphatic heterocycles. The van der Waals surface area contributed by atoms with Crippen LogP contribution in [0.5, 0.6) is 5.88 Å². The Hall–Kier alpha value is -3.52. The zero-order chi connectivity index (χ0) is 28.1. The molecule has 2 unspecified atom stereocenters. The average Bonchev–Trinajstić information content (AvgIpc) is 2.87. The van der Waals surface area contributed by atoms with E-state index < -0.39 is 52.0 Å². The number of nitrogens with two attached hydrogens (primary N) is 1. The van der Waals surface area contributed by atoms with Gasteiger partial charge >= 0.3 is 6.18 Å². The highest BCUT2D eigenvalue weighted by Gasteiger charge is 2.39. The van der Waals surface area contributed by atoms with Gasteiger partial charge in [-0.2, -0.15) is 18.2 Å². The van der Waals surface area contributed by atoms with Crippen molar-refractivity contribution in [3.63, 3.8) is 0 Å². The minimum atomic E-state index is -5.04. The standard InChI is InChI=1S/C25H28F5N7O2/c1-11-3-5-32-6-7-33-22-16-21(35-24(36-22)37-8-4-13(37)10-38)19(27)20(34-23(16)39-11)14-9-15(31)18(26)12(2)17(14)25(28,29)30/h9,11,13,32,38H,3-8,10,31H2,1-2H3,(H,33,35,36). The summed E-state index contributed by atoms with van der Waals surface area (Å²) in [6.07, 6.45) is -4.28. The van der Waals surface area contributed by atoms with E-state index in [4.69, 9.17) is 10.5 Å². The van der Waals surface area contributed by atoms with E-state index in [1.807, 2.05) is 0 Å². The smallest absolute Gasteiger partial charge is 0.417 e. The second-order valence-corrected chi connectivity index (χ2v) is 9.71. The highest BCUT2D eigenvalue weighted by molar-refractivity contribution is 5.97. The molecule has 0 radical (unpaired) electrons. The zero-order valence-electron chi connectivity index (χ0n) is 21.3. The second kappa shape index (κ2) is 10.2. The van der Waals surface area contributed by atoms with Crippen molar-refractivity contribution >= 4 is 28.4 Å². The van der Waals surface area contributed by atoms with Crippen LogP contribution in [0.3, 0.4) is 0 Å². The number of halogens is 5. The lowest BCUT2D eigenvalue weighted by Crippen LogP contribution is -2.50. The molecule has 0 saturated carbocycles. The van der Waals surface area contributed by atoms with Gasteiger partial charge in [-0.3, -0.25) is 0 Å². The second-order valence-electron chi connectivity index (χ2n) is 9.71. The summed E-state index contributed by atoms with van der Waals surface area (Å²) in [4.78, 5) is 14.8. The van der Waals surface area contributed by atoms with Crippen molar-refractivity contribution < 1.29 is 31.8 Å². The molecular weight excluding hydrogens is 525 g/mol. The van der Waals surface area contributed by atoms with Gasteiger partial charge in [0.15, 0.2) is 5.82 Å². The van der Waals surface area contributed by atoms with E-state index in [-0.39, 0.29) is 41.2 Å². The quantitative estimate of drug-likeness (QED) is 0.285. The minimum Gasteiger partial charge on any atom is -0.474 e. The minimum absolute atomic E-state index is 0.0650. The number of aliphatic hydroxyl groups is 1. The molecule has 2 aromatic heterocycles. The Morgan fingerprint density at radius 3 is 2.56 bits per heavy atom. The highest BCUT2D eigenvalue weighted by Crippen LogP contribution is 2.45. The normalized spacial score (nSPS) is 20.2. The van der Waals surface area contributed by atoms with Crippen LogP contribution in [-0.4, -0.2) is 65.0 Å². The number of pyridine rings is 1. The third-order valence-electron chi connectivity index (χ3n) is 7.05. The molecule has 0 aliphatic carbocycles. The van der Waals surface area contributed by atoms with Crippen LogP contribution in [0.25, 0.3) is 22.2 Å². The van der Waals surface area contributed by atoms with E-state index in [1.165, 1.54) is 0 Å². The summed E-state index contributed by atoms with van der Waals surface area (Å²) in [5, 5.41) is 16.1. The summed E-state index contributed by atoms with van der Waals surface area (Å²) in [6.45, 7) is 4.56. The molecule has 1 saturated heterocycles. The summed E-state index contributed by atoms with van der Waals surface area (Å²) < 4.78 is 79.4. The van der Waals surface area contributed by atoms with Crippen molar-refractivity contribution in [3.05, 3.63) is 28.8 Å². The van der Waals surface area contributed by atoms with Crippen LogP contribution in [-0.2, 0) is 6.18 Å². The molecule has 0 spiro atoms. The molecule has 2 atom stereocenters. The van der Waals surface area contributed by atoms with E-state index >= 15 is 4.39 Å². The molecule has 2 aliphatic rings. The van der Waals surface area contributed by atoms with Gasteiger partial charge in [-0.05, 0) is 44.9 Å². The topological polar surface area (TPSA) is 121 Å². The van der Waals surface area contributed by atoms with Crippen LogP contribution in [0.4, 0.5) is 39.4 Å². The molecule has 4 heterocycles. The number of nitrogens with zero attached hydrogens (tertiary/aromatic N) is 4. The Morgan fingerprint density at radius 1 is 1.13 bits per heavy atom. The fraction of sp³-hybridized carbons (Fsp3) is 0.480. The van der Waals surface area contributed by atoms with Gasteiger partial charge in [0.1, 0.15) is 28.2 Å². The SMILES string of the molecule is Cc1c(F)c(N)cc(-c2nc3c4c(nc(N5CCC5CO)nc4c2F)NCCNCCC(C)O3)c1C(F)(F)F. The van der Waals surface area contributed by atoms with Gasteiger partial charge in [-0.1, -0.05) is 0 Å². The molecular formula is C25H28F5N7O2. The molecule has 210 valence electrons. The number of benzene rings is 1. The van der Waals surface area contributed by atoms with Crippen molar-refractivity contribution in [1.82, 2.24) is 20.3 Å². The molecule has 0 bridgehead atoms. The Bertz CT molecular complexity index is 1420. The summed E-state index contributed by atoms with van der Waals surface area (Å²) in [5.41, 5.74) is 1.17. The maximum absolute atomic E-state index is 16.3. The summed E-state index contributed by atoms with van der Waals surface area (Å²) in [5.74, 6) is -2.29. The number of aliphatic hydroxyl groups excluding tert-OH is 1. The number of hydrogen-bond acceptors (Lipinski definition) is 9. The summed E-state index contributed by atoms with van der Waals surface area (Å²) in [7, 11) is 0. The van der Waals surface area contributed by atoms with Gasteiger partial charge in [0, 0.05) is 25.2 Å². The van der Waals surface area contributed by atoms with Gasteiger partial charge in [-0.15, -0.1) is 0 Å². The van der Waals surface area contributed by atoms with Crippen LogP contribution < -0.4 is 26.0 Å². The number of aromatic nitrogens is 3. The van der Waals surface area contributed by atoms with Crippen molar-refractivity contribution in [2.45, 2.75) is 45.0 Å². The molecule has 5 rings (SSSR count). The van der Waals surface area contributed by atoms with Crippen LogP contribution in [0, 0.1) is 18.6 Å². The van der Waals surface area contributed by atoms with Gasteiger partial charge in [0.2, 0.25) is 11.8 Å².